The lowest BCUT2D eigenvalue weighted by molar-refractivity contribution is -0.135. The van der Waals surface area contributed by atoms with E-state index in [1.54, 1.807) is 16.2 Å². The highest BCUT2D eigenvalue weighted by Crippen LogP contribution is 2.13. The van der Waals surface area contributed by atoms with Crippen molar-refractivity contribution in [3.8, 4) is 0 Å². The van der Waals surface area contributed by atoms with Crippen molar-refractivity contribution in [1.82, 2.24) is 14.9 Å². The van der Waals surface area contributed by atoms with Crippen LogP contribution in [0.3, 0.4) is 0 Å². The molecule has 2 aromatic heterocycles. The van der Waals surface area contributed by atoms with E-state index in [1.807, 2.05) is 47.8 Å². The lowest BCUT2D eigenvalue weighted by Gasteiger charge is -2.22. The van der Waals surface area contributed by atoms with E-state index in [-0.39, 0.29) is 18.2 Å². The number of ether oxygens (including phenoxy) is 1. The molecular weight excluding hydrogens is 362 g/mol. The molecule has 0 unspecified atom stereocenters. The molecule has 3 rings (SSSR count). The molecule has 0 radical (unpaired) electrons. The second-order valence-corrected chi connectivity index (χ2v) is 6.83. The summed E-state index contributed by atoms with van der Waals surface area (Å²) in [6, 6.07) is 13.9. The van der Waals surface area contributed by atoms with Gasteiger partial charge in [-0.05, 0) is 23.4 Å². The molecule has 3 aromatic rings. The van der Waals surface area contributed by atoms with Gasteiger partial charge in [0.15, 0.2) is 12.3 Å². The van der Waals surface area contributed by atoms with Crippen LogP contribution in [0.4, 0.5) is 0 Å². The Balaban J connectivity index is 1.60. The van der Waals surface area contributed by atoms with Crippen LogP contribution in [0.2, 0.25) is 0 Å². The first-order valence-electron chi connectivity index (χ1n) is 8.49. The van der Waals surface area contributed by atoms with E-state index < -0.39 is 5.97 Å². The molecule has 27 heavy (non-hydrogen) atoms. The summed E-state index contributed by atoms with van der Waals surface area (Å²) in [5, 5.41) is 1.98. The fourth-order valence-electron chi connectivity index (χ4n) is 2.49. The van der Waals surface area contributed by atoms with E-state index in [0.717, 1.165) is 16.9 Å². The number of aromatic nitrogens is 2. The molecule has 7 heteroatoms. The Bertz CT molecular complexity index is 855. The van der Waals surface area contributed by atoms with Gasteiger partial charge in [-0.2, -0.15) is 0 Å². The molecule has 138 valence electrons. The Kier molecular flexibility index (Phi) is 6.65. The third-order valence-electron chi connectivity index (χ3n) is 3.89. The van der Waals surface area contributed by atoms with E-state index in [4.69, 9.17) is 4.74 Å². The summed E-state index contributed by atoms with van der Waals surface area (Å²) < 4.78 is 5.11. The number of hydrogen-bond donors (Lipinski definition) is 0. The quantitative estimate of drug-likeness (QED) is 0.561. The molecule has 0 N–H and O–H groups in total. The van der Waals surface area contributed by atoms with Gasteiger partial charge in [0.25, 0.3) is 5.91 Å². The summed E-state index contributed by atoms with van der Waals surface area (Å²) in [7, 11) is 0. The van der Waals surface area contributed by atoms with Crippen LogP contribution in [0.1, 0.15) is 20.9 Å². The first kappa shape index (κ1) is 18.7. The zero-order valence-corrected chi connectivity index (χ0v) is 15.5. The van der Waals surface area contributed by atoms with Crippen LogP contribution in [-0.2, 0) is 22.5 Å². The highest BCUT2D eigenvalue weighted by Gasteiger charge is 2.18. The van der Waals surface area contributed by atoms with Gasteiger partial charge in [-0.1, -0.05) is 36.4 Å². The third-order valence-corrected chi connectivity index (χ3v) is 4.75. The molecule has 0 aliphatic heterocycles. The lowest BCUT2D eigenvalue weighted by atomic mass is 10.1. The van der Waals surface area contributed by atoms with Gasteiger partial charge < -0.3 is 9.64 Å². The summed E-state index contributed by atoms with van der Waals surface area (Å²) in [4.78, 5) is 35.1. The summed E-state index contributed by atoms with van der Waals surface area (Å²) in [5.74, 6) is -0.896. The van der Waals surface area contributed by atoms with Crippen molar-refractivity contribution < 1.29 is 14.3 Å². The summed E-state index contributed by atoms with van der Waals surface area (Å²) in [5.41, 5.74) is 1.23. The Labute approximate surface area is 161 Å². The van der Waals surface area contributed by atoms with Crippen molar-refractivity contribution >= 4 is 23.2 Å². The molecule has 0 aliphatic carbocycles. The molecule has 0 saturated carbocycles. The van der Waals surface area contributed by atoms with E-state index in [0.29, 0.717) is 13.1 Å². The third kappa shape index (κ3) is 5.72. The number of nitrogens with zero attached hydrogens (tertiary/aromatic N) is 3. The van der Waals surface area contributed by atoms with Gasteiger partial charge in [0, 0.05) is 23.8 Å². The van der Waals surface area contributed by atoms with Crippen LogP contribution >= 0.6 is 11.3 Å². The number of rotatable bonds is 8. The molecule has 1 amide bonds. The molecule has 1 aromatic carbocycles. The molecule has 0 atom stereocenters. The Hall–Kier alpha value is -3.06. The highest BCUT2D eigenvalue weighted by atomic mass is 32.1. The number of carbonyl (C=O) groups excluding carboxylic acids is 2. The van der Waals surface area contributed by atoms with Gasteiger partial charge in [-0.3, -0.25) is 9.78 Å². The van der Waals surface area contributed by atoms with Gasteiger partial charge in [0.2, 0.25) is 0 Å². The average Bonchev–Trinajstić information content (AvgIpc) is 3.23. The number of benzene rings is 1. The monoisotopic (exact) mass is 381 g/mol. The van der Waals surface area contributed by atoms with Crippen molar-refractivity contribution in [1.29, 1.82) is 0 Å². The zero-order valence-electron chi connectivity index (χ0n) is 14.7. The highest BCUT2D eigenvalue weighted by molar-refractivity contribution is 7.09. The Morgan fingerprint density at radius 3 is 2.63 bits per heavy atom. The first-order valence-corrected chi connectivity index (χ1v) is 9.37. The standard InChI is InChI=1S/C20H19N3O3S/c24-19(15-26-20(25)18-13-21-9-10-22-18)23(14-17-7-4-12-27-17)11-8-16-5-2-1-3-6-16/h1-7,9-10,12-13H,8,11,14-15H2. The van der Waals surface area contributed by atoms with Crippen LogP contribution in [-0.4, -0.2) is 39.9 Å². The fraction of sp³-hybridized carbons (Fsp3) is 0.200. The minimum Gasteiger partial charge on any atom is -0.451 e. The number of carbonyl (C=O) groups is 2. The largest absolute Gasteiger partial charge is 0.451 e. The summed E-state index contributed by atoms with van der Waals surface area (Å²) >= 11 is 1.59. The maximum Gasteiger partial charge on any atom is 0.359 e. The van der Waals surface area contributed by atoms with E-state index in [1.165, 1.54) is 18.6 Å². The Morgan fingerprint density at radius 2 is 1.93 bits per heavy atom. The van der Waals surface area contributed by atoms with Gasteiger partial charge >= 0.3 is 5.97 Å². The Morgan fingerprint density at radius 1 is 1.07 bits per heavy atom. The molecule has 0 spiro atoms. The first-order chi connectivity index (χ1) is 13.2. The van der Waals surface area contributed by atoms with E-state index >= 15 is 0 Å². The molecule has 0 bridgehead atoms. The molecule has 0 aliphatic rings. The zero-order chi connectivity index (χ0) is 18.9. The SMILES string of the molecule is O=C(OCC(=O)N(CCc1ccccc1)Cc1cccs1)c1cnccn1. The van der Waals surface area contributed by atoms with Gasteiger partial charge in [-0.25, -0.2) is 9.78 Å². The predicted molar refractivity (Wildman–Crippen MR) is 102 cm³/mol. The molecule has 2 heterocycles. The fourth-order valence-corrected chi connectivity index (χ4v) is 3.21. The van der Waals surface area contributed by atoms with Crippen LogP contribution in [0.5, 0.6) is 0 Å². The molecule has 0 fully saturated rings. The number of thiophene rings is 1. The maximum atomic E-state index is 12.6. The van der Waals surface area contributed by atoms with Crippen molar-refractivity contribution in [3.05, 3.63) is 82.6 Å². The molecule has 6 nitrogen and oxygen atoms in total. The van der Waals surface area contributed by atoms with Crippen molar-refractivity contribution in [2.24, 2.45) is 0 Å². The van der Waals surface area contributed by atoms with Crippen molar-refractivity contribution in [3.63, 3.8) is 0 Å². The minimum absolute atomic E-state index is 0.0828. The second kappa shape index (κ2) is 9.59. The molecule has 0 saturated heterocycles. The van der Waals surface area contributed by atoms with E-state index in [2.05, 4.69) is 9.97 Å². The normalized spacial score (nSPS) is 10.4. The van der Waals surface area contributed by atoms with Gasteiger partial charge in [0.1, 0.15) is 0 Å². The topological polar surface area (TPSA) is 72.4 Å². The lowest BCUT2D eigenvalue weighted by Crippen LogP contribution is -2.35. The number of hydrogen-bond acceptors (Lipinski definition) is 6. The maximum absolute atomic E-state index is 12.6. The van der Waals surface area contributed by atoms with Crippen LogP contribution in [0.25, 0.3) is 0 Å². The predicted octanol–water partition coefficient (Wildman–Crippen LogP) is 2.97. The minimum atomic E-state index is -0.657. The number of amides is 1. The second-order valence-electron chi connectivity index (χ2n) is 5.80. The van der Waals surface area contributed by atoms with Crippen LogP contribution in [0.15, 0.2) is 66.4 Å². The smallest absolute Gasteiger partial charge is 0.359 e. The van der Waals surface area contributed by atoms with E-state index in [9.17, 15) is 9.59 Å². The average molecular weight is 381 g/mol. The van der Waals surface area contributed by atoms with Gasteiger partial charge in [-0.15, -0.1) is 11.3 Å². The van der Waals surface area contributed by atoms with Gasteiger partial charge in [0.05, 0.1) is 12.7 Å². The van der Waals surface area contributed by atoms with Crippen molar-refractivity contribution in [2.45, 2.75) is 13.0 Å². The summed E-state index contributed by atoms with van der Waals surface area (Å²) in [6.07, 6.45) is 4.91. The number of esters is 1. The molecular formula is C20H19N3O3S. The summed E-state index contributed by atoms with van der Waals surface area (Å²) in [6.45, 7) is 0.713. The van der Waals surface area contributed by atoms with Crippen LogP contribution in [0, 0.1) is 0 Å². The van der Waals surface area contributed by atoms with Crippen molar-refractivity contribution in [2.75, 3.05) is 13.2 Å². The van der Waals surface area contributed by atoms with Crippen LogP contribution < -0.4 is 0 Å².